The van der Waals surface area contributed by atoms with E-state index in [9.17, 15) is 4.79 Å². The minimum Gasteiger partial charge on any atom is -0.439 e. The first-order chi connectivity index (χ1) is 13.5. The smallest absolute Gasteiger partial charge is 0.255 e. The largest absolute Gasteiger partial charge is 0.439 e. The number of hydrogen-bond donors (Lipinski definition) is 2. The van der Waals surface area contributed by atoms with Gasteiger partial charge in [-0.15, -0.1) is 0 Å². The monoisotopic (exact) mass is 415 g/mol. The van der Waals surface area contributed by atoms with Gasteiger partial charge < -0.3 is 15.4 Å². The number of aromatic nitrogens is 1. The number of ether oxygens (including phenoxy) is 1. The van der Waals surface area contributed by atoms with Gasteiger partial charge in [-0.25, -0.2) is 4.98 Å². The van der Waals surface area contributed by atoms with Gasteiger partial charge in [0, 0.05) is 18.2 Å². The van der Waals surface area contributed by atoms with Crippen LogP contribution in [0.15, 0.2) is 60.8 Å². The van der Waals surface area contributed by atoms with Gasteiger partial charge >= 0.3 is 0 Å². The minimum atomic E-state index is -0.301. The third kappa shape index (κ3) is 5.45. The number of nitrogens with one attached hydrogen (secondary N) is 2. The quantitative estimate of drug-likeness (QED) is 0.531. The zero-order valence-corrected chi connectivity index (χ0v) is 16.7. The molecule has 5 nitrogen and oxygen atoms in total. The van der Waals surface area contributed by atoms with Crippen LogP contribution in [0.25, 0.3) is 0 Å². The molecule has 28 heavy (non-hydrogen) atoms. The molecule has 144 valence electrons. The van der Waals surface area contributed by atoms with E-state index in [1.807, 2.05) is 24.3 Å². The van der Waals surface area contributed by atoms with E-state index in [0.29, 0.717) is 32.9 Å². The van der Waals surface area contributed by atoms with Crippen molar-refractivity contribution in [3.8, 4) is 11.6 Å². The molecule has 1 aromatic heterocycles. The van der Waals surface area contributed by atoms with E-state index in [-0.39, 0.29) is 5.91 Å². The number of amides is 1. The van der Waals surface area contributed by atoms with Crippen molar-refractivity contribution >= 4 is 34.8 Å². The molecule has 0 saturated heterocycles. The molecule has 0 aliphatic rings. The summed E-state index contributed by atoms with van der Waals surface area (Å²) in [6, 6.07) is 15.9. The Bertz CT molecular complexity index is 945. The Morgan fingerprint density at radius 1 is 1.04 bits per heavy atom. The Morgan fingerprint density at radius 2 is 1.82 bits per heavy atom. The highest BCUT2D eigenvalue weighted by Crippen LogP contribution is 2.24. The number of anilines is 1. The van der Waals surface area contributed by atoms with Crippen LogP contribution in [0, 0.1) is 0 Å². The van der Waals surface area contributed by atoms with Crippen LogP contribution in [-0.2, 0) is 6.54 Å². The van der Waals surface area contributed by atoms with Gasteiger partial charge in [-0.2, -0.15) is 0 Å². The van der Waals surface area contributed by atoms with Crippen molar-refractivity contribution in [1.82, 2.24) is 10.3 Å². The van der Waals surface area contributed by atoms with Crippen molar-refractivity contribution in [2.45, 2.75) is 13.5 Å². The van der Waals surface area contributed by atoms with Gasteiger partial charge in [0.2, 0.25) is 5.88 Å². The van der Waals surface area contributed by atoms with E-state index in [1.54, 1.807) is 24.3 Å². The van der Waals surface area contributed by atoms with Crippen molar-refractivity contribution in [2.24, 2.45) is 0 Å². The lowest BCUT2D eigenvalue weighted by Crippen LogP contribution is -2.12. The Kier molecular flexibility index (Phi) is 6.87. The van der Waals surface area contributed by atoms with Gasteiger partial charge in [0.1, 0.15) is 5.75 Å². The molecule has 7 heteroatoms. The molecule has 0 fully saturated rings. The maximum atomic E-state index is 12.3. The molecule has 0 spiro atoms. The number of carbonyl (C=O) groups is 1. The third-order valence-corrected chi connectivity index (χ3v) is 4.64. The zero-order chi connectivity index (χ0) is 19.9. The molecule has 0 saturated carbocycles. The highest BCUT2D eigenvalue weighted by atomic mass is 35.5. The zero-order valence-electron chi connectivity index (χ0n) is 15.2. The standard InChI is InChI=1S/C21H19Cl2N3O2/c1-2-24-12-14-3-7-17(8-4-14)28-20-10-6-16(13-25-20)26-21(27)15-5-9-18(22)19(23)11-15/h3-11,13,24H,2,12H2,1H3,(H,26,27). The topological polar surface area (TPSA) is 63.2 Å². The molecular weight excluding hydrogens is 397 g/mol. The lowest BCUT2D eigenvalue weighted by molar-refractivity contribution is 0.102. The molecule has 0 atom stereocenters. The normalized spacial score (nSPS) is 10.5. The summed E-state index contributed by atoms with van der Waals surface area (Å²) in [6.07, 6.45) is 1.53. The van der Waals surface area contributed by atoms with Gasteiger partial charge in [0.25, 0.3) is 5.91 Å². The van der Waals surface area contributed by atoms with Gasteiger partial charge in [-0.1, -0.05) is 42.3 Å². The second-order valence-electron chi connectivity index (χ2n) is 5.99. The van der Waals surface area contributed by atoms with Crippen LogP contribution in [0.2, 0.25) is 10.0 Å². The minimum absolute atomic E-state index is 0.301. The first-order valence-electron chi connectivity index (χ1n) is 8.75. The first-order valence-corrected chi connectivity index (χ1v) is 9.50. The lowest BCUT2D eigenvalue weighted by Gasteiger charge is -2.08. The summed E-state index contributed by atoms with van der Waals surface area (Å²) in [4.78, 5) is 16.5. The molecule has 1 amide bonds. The van der Waals surface area contributed by atoms with Crippen LogP contribution in [0.3, 0.4) is 0 Å². The first kappa shape index (κ1) is 20.1. The third-order valence-electron chi connectivity index (χ3n) is 3.90. The average Bonchev–Trinajstić information content (AvgIpc) is 2.71. The molecule has 0 unspecified atom stereocenters. The Hall–Kier alpha value is -2.60. The van der Waals surface area contributed by atoms with E-state index in [1.165, 1.54) is 17.8 Å². The number of benzene rings is 2. The van der Waals surface area contributed by atoms with E-state index in [0.717, 1.165) is 13.1 Å². The van der Waals surface area contributed by atoms with Gasteiger partial charge in [0.15, 0.2) is 0 Å². The molecule has 0 aliphatic carbocycles. The maximum absolute atomic E-state index is 12.3. The van der Waals surface area contributed by atoms with Crippen LogP contribution in [0.4, 0.5) is 5.69 Å². The summed E-state index contributed by atoms with van der Waals surface area (Å²) in [5.41, 5.74) is 2.14. The molecule has 2 N–H and O–H groups in total. The van der Waals surface area contributed by atoms with Crippen LogP contribution in [-0.4, -0.2) is 17.4 Å². The van der Waals surface area contributed by atoms with Gasteiger partial charge in [-0.05, 0) is 48.5 Å². The van der Waals surface area contributed by atoms with Crippen molar-refractivity contribution in [3.63, 3.8) is 0 Å². The molecule has 2 aromatic carbocycles. The fourth-order valence-corrected chi connectivity index (χ4v) is 2.72. The summed E-state index contributed by atoms with van der Waals surface area (Å²) in [5.74, 6) is 0.831. The number of rotatable bonds is 7. The predicted octanol–water partition coefficient (Wildman–Crippen LogP) is 5.54. The summed E-state index contributed by atoms with van der Waals surface area (Å²) in [7, 11) is 0. The number of halogens is 2. The average molecular weight is 416 g/mol. The van der Waals surface area contributed by atoms with E-state index in [4.69, 9.17) is 27.9 Å². The molecule has 1 heterocycles. The molecule has 3 rings (SSSR count). The van der Waals surface area contributed by atoms with E-state index < -0.39 is 0 Å². The Morgan fingerprint density at radius 3 is 2.46 bits per heavy atom. The van der Waals surface area contributed by atoms with E-state index >= 15 is 0 Å². The summed E-state index contributed by atoms with van der Waals surface area (Å²) in [6.45, 7) is 3.82. The fourth-order valence-electron chi connectivity index (χ4n) is 2.42. The number of carbonyl (C=O) groups excluding carboxylic acids is 1. The van der Waals surface area contributed by atoms with E-state index in [2.05, 4.69) is 22.5 Å². The van der Waals surface area contributed by atoms with Crippen molar-refractivity contribution in [1.29, 1.82) is 0 Å². The van der Waals surface area contributed by atoms with Crippen molar-refractivity contribution in [2.75, 3.05) is 11.9 Å². The Balaban J connectivity index is 1.60. The van der Waals surface area contributed by atoms with Crippen molar-refractivity contribution < 1.29 is 9.53 Å². The van der Waals surface area contributed by atoms with Crippen LogP contribution >= 0.6 is 23.2 Å². The second kappa shape index (κ2) is 9.55. The lowest BCUT2D eigenvalue weighted by atomic mass is 10.2. The molecule has 0 bridgehead atoms. The highest BCUT2D eigenvalue weighted by molar-refractivity contribution is 6.42. The van der Waals surface area contributed by atoms with Gasteiger partial charge in [0.05, 0.1) is 21.9 Å². The van der Waals surface area contributed by atoms with Gasteiger partial charge in [-0.3, -0.25) is 4.79 Å². The predicted molar refractivity (Wildman–Crippen MR) is 113 cm³/mol. The van der Waals surface area contributed by atoms with Crippen LogP contribution in [0.1, 0.15) is 22.8 Å². The number of nitrogens with zero attached hydrogens (tertiary/aromatic N) is 1. The number of pyridine rings is 1. The van der Waals surface area contributed by atoms with Crippen LogP contribution < -0.4 is 15.4 Å². The maximum Gasteiger partial charge on any atom is 0.255 e. The highest BCUT2D eigenvalue weighted by Gasteiger charge is 2.09. The molecule has 0 aliphatic heterocycles. The summed E-state index contributed by atoms with van der Waals surface area (Å²) >= 11 is 11.8. The summed E-state index contributed by atoms with van der Waals surface area (Å²) in [5, 5.41) is 6.75. The molecule has 0 radical (unpaired) electrons. The summed E-state index contributed by atoms with van der Waals surface area (Å²) < 4.78 is 5.73. The second-order valence-corrected chi connectivity index (χ2v) is 6.81. The van der Waals surface area contributed by atoms with Crippen LogP contribution in [0.5, 0.6) is 11.6 Å². The Labute approximate surface area is 173 Å². The SMILES string of the molecule is CCNCc1ccc(Oc2ccc(NC(=O)c3ccc(Cl)c(Cl)c3)cn2)cc1. The van der Waals surface area contributed by atoms with Crippen molar-refractivity contribution in [3.05, 3.63) is 82.0 Å². The molecule has 3 aromatic rings. The fraction of sp³-hybridized carbons (Fsp3) is 0.143. The number of hydrogen-bond acceptors (Lipinski definition) is 4. The molecular formula is C21H19Cl2N3O2.